The molecule has 3 rings (SSSR count). The molecule has 1 N–H and O–H groups in total. The molecule has 3 aromatic rings. The standard InChI is InChI=1S/C21H17ClN4O.BrH/c1-13-19(9-24)20(17-5-3-15(8-23)4-6-17)14(2)26(13)11-16-7-18(12-27)21(22)25-10-16;/h3-7,10,27H,11-12H2,1-2H3;1H. The minimum atomic E-state index is -0.177. The van der Waals surface area contributed by atoms with E-state index in [1.807, 2.05) is 32.0 Å². The summed E-state index contributed by atoms with van der Waals surface area (Å²) in [4.78, 5) is 4.13. The molecule has 1 aromatic carbocycles. The molecule has 0 radical (unpaired) electrons. The molecule has 2 aromatic heterocycles. The van der Waals surface area contributed by atoms with Crippen molar-refractivity contribution < 1.29 is 5.11 Å². The van der Waals surface area contributed by atoms with E-state index >= 15 is 0 Å². The second-order valence-electron chi connectivity index (χ2n) is 6.26. The summed E-state index contributed by atoms with van der Waals surface area (Å²) in [5, 5.41) is 28.4. The Hall–Kier alpha value is -2.64. The molecule has 0 fully saturated rings. The van der Waals surface area contributed by atoms with Gasteiger partial charge < -0.3 is 9.67 Å². The van der Waals surface area contributed by atoms with E-state index in [2.05, 4.69) is 21.7 Å². The molecule has 0 saturated carbocycles. The number of benzene rings is 1. The maximum atomic E-state index is 9.71. The molecular weight excluding hydrogens is 440 g/mol. The minimum Gasteiger partial charge on any atom is -0.392 e. The van der Waals surface area contributed by atoms with Gasteiger partial charge in [0, 0.05) is 35.3 Å². The van der Waals surface area contributed by atoms with Gasteiger partial charge in [-0.05, 0) is 43.2 Å². The molecule has 142 valence electrons. The number of pyridine rings is 1. The van der Waals surface area contributed by atoms with E-state index in [-0.39, 0.29) is 28.7 Å². The molecule has 0 aliphatic heterocycles. The Morgan fingerprint density at radius 2 is 1.79 bits per heavy atom. The smallest absolute Gasteiger partial charge is 0.134 e. The second-order valence-corrected chi connectivity index (χ2v) is 6.62. The van der Waals surface area contributed by atoms with Gasteiger partial charge in [0.15, 0.2) is 0 Å². The van der Waals surface area contributed by atoms with Gasteiger partial charge in [-0.2, -0.15) is 10.5 Å². The van der Waals surface area contributed by atoms with Crippen molar-refractivity contribution in [2.75, 3.05) is 0 Å². The minimum absolute atomic E-state index is 0. The highest BCUT2D eigenvalue weighted by atomic mass is 79.9. The van der Waals surface area contributed by atoms with Crippen LogP contribution in [-0.2, 0) is 13.2 Å². The first-order valence-electron chi connectivity index (χ1n) is 8.34. The molecular formula is C21H18BrClN4O. The highest BCUT2D eigenvalue weighted by Gasteiger charge is 2.19. The normalized spacial score (nSPS) is 10.1. The summed E-state index contributed by atoms with van der Waals surface area (Å²) in [5.41, 5.74) is 6.23. The topological polar surface area (TPSA) is 85.6 Å². The lowest BCUT2D eigenvalue weighted by Gasteiger charge is -2.11. The summed E-state index contributed by atoms with van der Waals surface area (Å²) in [6.07, 6.45) is 1.67. The summed E-state index contributed by atoms with van der Waals surface area (Å²) in [6.45, 7) is 4.22. The Bertz CT molecular complexity index is 1090. The maximum absolute atomic E-state index is 9.71. The molecule has 0 spiro atoms. The van der Waals surface area contributed by atoms with Gasteiger partial charge in [-0.3, -0.25) is 0 Å². The number of aliphatic hydroxyl groups excluding tert-OH is 1. The number of aliphatic hydroxyl groups is 1. The molecule has 5 nitrogen and oxygen atoms in total. The Balaban J connectivity index is 0.00000280. The highest BCUT2D eigenvalue weighted by Crippen LogP contribution is 2.32. The van der Waals surface area contributed by atoms with Crippen LogP contribution in [0.3, 0.4) is 0 Å². The van der Waals surface area contributed by atoms with Crippen LogP contribution in [0.2, 0.25) is 5.15 Å². The maximum Gasteiger partial charge on any atom is 0.134 e. The number of hydrogen-bond donors (Lipinski definition) is 1. The average Bonchev–Trinajstić information content (AvgIpc) is 2.93. The van der Waals surface area contributed by atoms with Crippen molar-refractivity contribution in [3.05, 3.63) is 75.3 Å². The van der Waals surface area contributed by atoms with Gasteiger partial charge in [0.2, 0.25) is 0 Å². The van der Waals surface area contributed by atoms with Crippen LogP contribution in [0.25, 0.3) is 11.1 Å². The van der Waals surface area contributed by atoms with Gasteiger partial charge >= 0.3 is 0 Å². The van der Waals surface area contributed by atoms with Crippen LogP contribution in [-0.4, -0.2) is 14.7 Å². The predicted octanol–water partition coefficient (Wildman–Crippen LogP) is 4.68. The molecule has 2 heterocycles. The summed E-state index contributed by atoms with van der Waals surface area (Å²) in [6, 6.07) is 13.5. The molecule has 0 aliphatic carbocycles. The van der Waals surface area contributed by atoms with Gasteiger partial charge in [-0.1, -0.05) is 23.7 Å². The Morgan fingerprint density at radius 1 is 1.11 bits per heavy atom. The molecule has 0 atom stereocenters. The summed E-state index contributed by atoms with van der Waals surface area (Å²) in [7, 11) is 0. The van der Waals surface area contributed by atoms with E-state index in [0.717, 1.165) is 28.1 Å². The van der Waals surface area contributed by atoms with Crippen molar-refractivity contribution in [2.45, 2.75) is 27.0 Å². The summed E-state index contributed by atoms with van der Waals surface area (Å²) >= 11 is 5.97. The molecule has 0 unspecified atom stereocenters. The molecule has 0 aliphatic rings. The van der Waals surface area contributed by atoms with E-state index < -0.39 is 0 Å². The fourth-order valence-corrected chi connectivity index (χ4v) is 3.41. The van der Waals surface area contributed by atoms with Crippen LogP contribution in [0.5, 0.6) is 0 Å². The van der Waals surface area contributed by atoms with Gasteiger partial charge in [0.05, 0.1) is 23.8 Å². The summed E-state index contributed by atoms with van der Waals surface area (Å²) < 4.78 is 2.05. The first-order valence-corrected chi connectivity index (χ1v) is 8.72. The van der Waals surface area contributed by atoms with Crippen LogP contribution < -0.4 is 0 Å². The van der Waals surface area contributed by atoms with E-state index in [1.54, 1.807) is 18.3 Å². The first kappa shape index (κ1) is 21.7. The third-order valence-corrected chi connectivity index (χ3v) is 5.02. The van der Waals surface area contributed by atoms with Crippen molar-refractivity contribution in [1.29, 1.82) is 10.5 Å². The zero-order valence-electron chi connectivity index (χ0n) is 15.4. The fraction of sp³-hybridized carbons (Fsp3) is 0.190. The largest absolute Gasteiger partial charge is 0.392 e. The number of rotatable bonds is 4. The number of nitrogens with zero attached hydrogens (tertiary/aromatic N) is 4. The third kappa shape index (κ3) is 3.95. The molecule has 28 heavy (non-hydrogen) atoms. The first-order chi connectivity index (χ1) is 13.0. The second kappa shape index (κ2) is 9.03. The van der Waals surface area contributed by atoms with Crippen LogP contribution in [0.15, 0.2) is 36.5 Å². The Kier molecular flexibility index (Phi) is 6.99. The van der Waals surface area contributed by atoms with E-state index in [1.165, 1.54) is 0 Å². The van der Waals surface area contributed by atoms with E-state index in [9.17, 15) is 10.4 Å². The quantitative estimate of drug-likeness (QED) is 0.576. The van der Waals surface area contributed by atoms with Gasteiger partial charge in [-0.25, -0.2) is 4.98 Å². The summed E-state index contributed by atoms with van der Waals surface area (Å²) in [5.74, 6) is 0. The number of halogens is 2. The Morgan fingerprint density at radius 3 is 2.36 bits per heavy atom. The van der Waals surface area contributed by atoms with Crippen molar-refractivity contribution in [1.82, 2.24) is 9.55 Å². The average molecular weight is 458 g/mol. The van der Waals surface area contributed by atoms with Crippen LogP contribution in [0.1, 0.15) is 33.6 Å². The van der Waals surface area contributed by atoms with Gasteiger partial charge in [0.1, 0.15) is 11.2 Å². The monoisotopic (exact) mass is 456 g/mol. The van der Waals surface area contributed by atoms with Gasteiger partial charge in [0.25, 0.3) is 0 Å². The van der Waals surface area contributed by atoms with Gasteiger partial charge in [-0.15, -0.1) is 17.0 Å². The van der Waals surface area contributed by atoms with Crippen LogP contribution in [0.4, 0.5) is 0 Å². The fourth-order valence-electron chi connectivity index (χ4n) is 3.24. The SMILES string of the molecule is Br.Cc1c(C#N)c(-c2ccc(C#N)cc2)c(C)n1Cc1cnc(Cl)c(CO)c1. The zero-order valence-corrected chi connectivity index (χ0v) is 17.9. The van der Waals surface area contributed by atoms with E-state index in [0.29, 0.717) is 23.2 Å². The van der Waals surface area contributed by atoms with Crippen LogP contribution >= 0.6 is 28.6 Å². The van der Waals surface area contributed by atoms with Crippen molar-refractivity contribution in [3.8, 4) is 23.3 Å². The van der Waals surface area contributed by atoms with Crippen molar-refractivity contribution >= 4 is 28.6 Å². The van der Waals surface area contributed by atoms with Crippen molar-refractivity contribution in [2.24, 2.45) is 0 Å². The molecule has 0 amide bonds. The number of aromatic nitrogens is 2. The molecule has 7 heteroatoms. The molecule has 0 saturated heterocycles. The number of hydrogen-bond acceptors (Lipinski definition) is 4. The lowest BCUT2D eigenvalue weighted by atomic mass is 10.0. The van der Waals surface area contributed by atoms with Crippen LogP contribution in [0, 0.1) is 36.5 Å². The zero-order chi connectivity index (χ0) is 19.6. The lowest BCUT2D eigenvalue weighted by Crippen LogP contribution is -2.05. The highest BCUT2D eigenvalue weighted by molar-refractivity contribution is 8.93. The van der Waals surface area contributed by atoms with E-state index in [4.69, 9.17) is 16.9 Å². The predicted molar refractivity (Wildman–Crippen MR) is 113 cm³/mol. The lowest BCUT2D eigenvalue weighted by molar-refractivity contribution is 0.281. The third-order valence-electron chi connectivity index (χ3n) is 4.68. The molecule has 0 bridgehead atoms. The number of nitriles is 2. The Labute approximate surface area is 179 Å². The van der Waals surface area contributed by atoms with Crippen molar-refractivity contribution in [3.63, 3.8) is 0 Å².